The Hall–Kier alpha value is -1.75. The van der Waals surface area contributed by atoms with Crippen LogP contribution in [0.1, 0.15) is 39.5 Å². The first-order valence-corrected chi connectivity index (χ1v) is 12.3. The van der Waals surface area contributed by atoms with E-state index >= 15 is 0 Å². The molecule has 2 unspecified atom stereocenters. The molecule has 4 aliphatic heterocycles. The highest BCUT2D eigenvalue weighted by Gasteiger charge is 2.78. The van der Waals surface area contributed by atoms with Gasteiger partial charge in [0.2, 0.25) is 17.7 Å². The van der Waals surface area contributed by atoms with Crippen molar-refractivity contribution in [3.8, 4) is 0 Å². The van der Waals surface area contributed by atoms with Crippen LogP contribution in [0.2, 0.25) is 0 Å². The van der Waals surface area contributed by atoms with Crippen molar-refractivity contribution in [3.05, 3.63) is 0 Å². The van der Waals surface area contributed by atoms with E-state index in [1.165, 1.54) is 4.90 Å². The molecule has 4 rings (SSSR count). The average Bonchev–Trinajstić information content (AvgIpc) is 3.44. The van der Waals surface area contributed by atoms with Gasteiger partial charge in [-0.3, -0.25) is 19.3 Å². The number of carbonyl (C=O) groups excluding carboxylic acids is 3. The predicted molar refractivity (Wildman–Crippen MR) is 119 cm³/mol. The lowest BCUT2D eigenvalue weighted by Gasteiger charge is -2.37. The van der Waals surface area contributed by atoms with Gasteiger partial charge in [0.25, 0.3) is 0 Å². The van der Waals surface area contributed by atoms with Gasteiger partial charge in [0.1, 0.15) is 11.6 Å². The maximum atomic E-state index is 13.8. The standard InChI is InChI=1S/C23H38N4O6/c1-4-15(14-28)27-18(20(30)25-8-9-26-10-12-32-13-11-26)23-7-6-22(5-2,33-23)16(19(29)24-3)17(23)21(27)31/h15-18,28H,4-14H2,1-3H3,(H,24,29)(H,25,30)/t15-,16-,17-,18?,22+,23?/m0/s1. The van der Waals surface area contributed by atoms with Crippen LogP contribution in [0.4, 0.5) is 0 Å². The summed E-state index contributed by atoms with van der Waals surface area (Å²) in [5.74, 6) is -2.11. The van der Waals surface area contributed by atoms with E-state index in [9.17, 15) is 19.5 Å². The topological polar surface area (TPSA) is 120 Å². The number of hydrogen-bond donors (Lipinski definition) is 3. The lowest BCUT2D eigenvalue weighted by molar-refractivity contribution is -0.151. The van der Waals surface area contributed by atoms with Gasteiger partial charge in [-0.25, -0.2) is 0 Å². The zero-order chi connectivity index (χ0) is 23.8. The largest absolute Gasteiger partial charge is 0.394 e. The molecular formula is C23H38N4O6. The highest BCUT2D eigenvalue weighted by Crippen LogP contribution is 2.64. The maximum absolute atomic E-state index is 13.8. The summed E-state index contributed by atoms with van der Waals surface area (Å²) >= 11 is 0. The second kappa shape index (κ2) is 9.48. The number of morpholine rings is 1. The minimum Gasteiger partial charge on any atom is -0.394 e. The smallest absolute Gasteiger partial charge is 0.245 e. The molecule has 33 heavy (non-hydrogen) atoms. The Balaban J connectivity index is 1.62. The number of carbonyl (C=O) groups is 3. The zero-order valence-corrected chi connectivity index (χ0v) is 20.0. The molecule has 4 heterocycles. The molecule has 3 N–H and O–H groups in total. The number of aliphatic hydroxyl groups excluding tert-OH is 1. The van der Waals surface area contributed by atoms with Crippen LogP contribution in [0.5, 0.6) is 0 Å². The van der Waals surface area contributed by atoms with Crippen molar-refractivity contribution in [2.45, 2.75) is 62.8 Å². The first-order valence-electron chi connectivity index (χ1n) is 12.3. The summed E-state index contributed by atoms with van der Waals surface area (Å²) < 4.78 is 12.0. The lowest BCUT2D eigenvalue weighted by atomic mass is 9.65. The van der Waals surface area contributed by atoms with Crippen molar-refractivity contribution in [1.29, 1.82) is 0 Å². The maximum Gasteiger partial charge on any atom is 0.245 e. The summed E-state index contributed by atoms with van der Waals surface area (Å²) in [6, 6.07) is -1.36. The van der Waals surface area contributed by atoms with E-state index in [0.717, 1.165) is 13.1 Å². The second-order valence-corrected chi connectivity index (χ2v) is 9.68. The molecule has 10 nitrogen and oxygen atoms in total. The molecule has 0 aliphatic carbocycles. The van der Waals surface area contributed by atoms with E-state index in [1.54, 1.807) is 7.05 Å². The molecule has 10 heteroatoms. The Morgan fingerprint density at radius 3 is 2.55 bits per heavy atom. The summed E-state index contributed by atoms with van der Waals surface area (Å²) in [5, 5.41) is 15.8. The fourth-order valence-corrected chi connectivity index (χ4v) is 6.57. The van der Waals surface area contributed by atoms with Gasteiger partial charge in [0.05, 0.1) is 43.3 Å². The van der Waals surface area contributed by atoms with E-state index in [-0.39, 0.29) is 24.3 Å². The monoisotopic (exact) mass is 466 g/mol. The van der Waals surface area contributed by atoms with Crippen LogP contribution in [-0.2, 0) is 23.9 Å². The number of fused-ring (bicyclic) bond motifs is 1. The number of amides is 3. The summed E-state index contributed by atoms with van der Waals surface area (Å²) in [4.78, 5) is 44.2. The van der Waals surface area contributed by atoms with Gasteiger partial charge in [-0.2, -0.15) is 0 Å². The van der Waals surface area contributed by atoms with E-state index in [2.05, 4.69) is 15.5 Å². The molecule has 0 aromatic heterocycles. The normalized spacial score (nSPS) is 36.7. The van der Waals surface area contributed by atoms with Gasteiger partial charge in [0.15, 0.2) is 0 Å². The Labute approximate surface area is 195 Å². The highest BCUT2D eigenvalue weighted by atomic mass is 16.5. The molecule has 0 aromatic rings. The van der Waals surface area contributed by atoms with Crippen molar-refractivity contribution in [1.82, 2.24) is 20.4 Å². The molecule has 4 aliphatic rings. The molecule has 4 fully saturated rings. The zero-order valence-electron chi connectivity index (χ0n) is 20.0. The fraction of sp³-hybridized carbons (Fsp3) is 0.870. The van der Waals surface area contributed by atoms with Crippen molar-refractivity contribution < 1.29 is 29.0 Å². The molecule has 4 saturated heterocycles. The Morgan fingerprint density at radius 1 is 1.21 bits per heavy atom. The summed E-state index contributed by atoms with van der Waals surface area (Å²) in [7, 11) is 1.57. The van der Waals surface area contributed by atoms with E-state index in [1.807, 2.05) is 13.8 Å². The minimum atomic E-state index is -1.05. The molecule has 1 spiro atoms. The number of aliphatic hydroxyl groups is 1. The van der Waals surface area contributed by atoms with Crippen molar-refractivity contribution in [3.63, 3.8) is 0 Å². The molecule has 0 aromatic carbocycles. The van der Waals surface area contributed by atoms with Crippen LogP contribution in [0.25, 0.3) is 0 Å². The molecule has 186 valence electrons. The molecule has 0 saturated carbocycles. The van der Waals surface area contributed by atoms with E-state index in [0.29, 0.717) is 52.0 Å². The number of likely N-dealkylation sites (tertiary alicyclic amines) is 1. The molecule has 6 atom stereocenters. The first-order chi connectivity index (χ1) is 15.9. The van der Waals surface area contributed by atoms with Gasteiger partial charge in [0, 0.05) is 33.2 Å². The number of hydrogen-bond acceptors (Lipinski definition) is 7. The predicted octanol–water partition coefficient (Wildman–Crippen LogP) is -0.893. The van der Waals surface area contributed by atoms with Crippen LogP contribution in [0.3, 0.4) is 0 Å². The highest BCUT2D eigenvalue weighted by molar-refractivity contribution is 5.99. The van der Waals surface area contributed by atoms with E-state index < -0.39 is 35.1 Å². The van der Waals surface area contributed by atoms with Gasteiger partial charge < -0.3 is 30.1 Å². The number of nitrogens with one attached hydrogen (secondary N) is 2. The Kier molecular flexibility index (Phi) is 7.00. The Bertz CT molecular complexity index is 770. The Morgan fingerprint density at radius 2 is 1.94 bits per heavy atom. The first kappa shape index (κ1) is 24.4. The lowest BCUT2D eigenvalue weighted by Crippen LogP contribution is -2.58. The third kappa shape index (κ3) is 3.75. The van der Waals surface area contributed by atoms with Gasteiger partial charge in [-0.05, 0) is 25.7 Å². The number of rotatable bonds is 9. The SMILES string of the molecule is CC[C@@H](CO)N1C(=O)[C@@H]2[C@@H](C(=O)NC)[C@@]3(CC)CCC2(O3)C1C(=O)NCCN1CCOCC1. The number of ether oxygens (including phenoxy) is 2. The van der Waals surface area contributed by atoms with Gasteiger partial charge in [-0.15, -0.1) is 0 Å². The third-order valence-corrected chi connectivity index (χ3v) is 8.30. The van der Waals surface area contributed by atoms with Crippen LogP contribution in [-0.4, -0.2) is 109 Å². The van der Waals surface area contributed by atoms with Crippen LogP contribution >= 0.6 is 0 Å². The summed E-state index contributed by atoms with van der Waals surface area (Å²) in [6.45, 7) is 7.79. The van der Waals surface area contributed by atoms with Crippen molar-refractivity contribution in [2.75, 3.05) is 53.0 Å². The summed E-state index contributed by atoms with van der Waals surface area (Å²) in [6.07, 6.45) is 2.28. The number of nitrogens with zero attached hydrogens (tertiary/aromatic N) is 2. The van der Waals surface area contributed by atoms with Gasteiger partial charge >= 0.3 is 0 Å². The molecule has 2 bridgehead atoms. The van der Waals surface area contributed by atoms with Crippen molar-refractivity contribution in [2.24, 2.45) is 11.8 Å². The van der Waals surface area contributed by atoms with E-state index in [4.69, 9.17) is 9.47 Å². The van der Waals surface area contributed by atoms with Crippen LogP contribution in [0, 0.1) is 11.8 Å². The van der Waals surface area contributed by atoms with Crippen LogP contribution < -0.4 is 10.6 Å². The minimum absolute atomic E-state index is 0.220. The van der Waals surface area contributed by atoms with Crippen LogP contribution in [0.15, 0.2) is 0 Å². The third-order valence-electron chi connectivity index (χ3n) is 8.30. The summed E-state index contributed by atoms with van der Waals surface area (Å²) in [5.41, 5.74) is -1.78. The second-order valence-electron chi connectivity index (χ2n) is 9.68. The quantitative estimate of drug-likeness (QED) is 0.403. The fourth-order valence-electron chi connectivity index (χ4n) is 6.57. The van der Waals surface area contributed by atoms with Crippen molar-refractivity contribution >= 4 is 17.7 Å². The molecular weight excluding hydrogens is 428 g/mol. The molecule has 3 amide bonds. The molecule has 0 radical (unpaired) electrons. The van der Waals surface area contributed by atoms with Gasteiger partial charge in [-0.1, -0.05) is 13.8 Å². The average molecular weight is 467 g/mol.